The van der Waals surface area contributed by atoms with E-state index in [9.17, 15) is 0 Å². The van der Waals surface area contributed by atoms with Crippen molar-refractivity contribution >= 4 is 21.6 Å². The molecule has 0 unspecified atom stereocenters. The molecule has 1 aliphatic rings. The molecule has 4 rings (SSSR count). The van der Waals surface area contributed by atoms with Gasteiger partial charge < -0.3 is 9.14 Å². The van der Waals surface area contributed by atoms with Gasteiger partial charge in [0.1, 0.15) is 5.65 Å². The topological polar surface area (TPSA) is 29.8 Å². The number of hydrogen-bond donors (Lipinski definition) is 0. The second kappa shape index (κ2) is 6.31. The molecule has 1 aliphatic heterocycles. The SMILES string of the molecule is COCC1(c2ccccc2)CN(Cc2cnc3cc(Br)ccn23)C1. The first-order valence-corrected chi connectivity index (χ1v) is 8.88. The molecule has 0 radical (unpaired) electrons. The number of nitrogens with zero attached hydrogens (tertiary/aromatic N) is 3. The van der Waals surface area contributed by atoms with Crippen molar-refractivity contribution in [1.82, 2.24) is 14.3 Å². The van der Waals surface area contributed by atoms with Crippen LogP contribution in [-0.2, 0) is 16.7 Å². The van der Waals surface area contributed by atoms with Crippen LogP contribution in [0.5, 0.6) is 0 Å². The Balaban J connectivity index is 1.51. The average Bonchev–Trinajstić information content (AvgIpc) is 2.95. The van der Waals surface area contributed by atoms with Gasteiger partial charge in [0.2, 0.25) is 0 Å². The monoisotopic (exact) mass is 385 g/mol. The summed E-state index contributed by atoms with van der Waals surface area (Å²) in [7, 11) is 1.79. The van der Waals surface area contributed by atoms with E-state index in [-0.39, 0.29) is 5.41 Å². The van der Waals surface area contributed by atoms with Crippen molar-refractivity contribution in [3.8, 4) is 0 Å². The summed E-state index contributed by atoms with van der Waals surface area (Å²) in [5.41, 5.74) is 3.67. The highest BCUT2D eigenvalue weighted by Gasteiger charge is 2.44. The van der Waals surface area contributed by atoms with E-state index in [0.29, 0.717) is 0 Å². The first-order chi connectivity index (χ1) is 11.7. The molecule has 0 atom stereocenters. The maximum absolute atomic E-state index is 5.52. The summed E-state index contributed by atoms with van der Waals surface area (Å²) in [5, 5.41) is 0. The standard InChI is InChI=1S/C19H20BrN3O/c1-24-14-19(15-5-3-2-4-6-15)12-22(13-19)11-17-10-21-18-9-16(20)7-8-23(17)18/h2-10H,11-14H2,1H3. The van der Waals surface area contributed by atoms with E-state index in [2.05, 4.69) is 66.7 Å². The van der Waals surface area contributed by atoms with Crippen molar-refractivity contribution in [3.63, 3.8) is 0 Å². The van der Waals surface area contributed by atoms with Crippen LogP contribution in [0.2, 0.25) is 0 Å². The lowest BCUT2D eigenvalue weighted by molar-refractivity contribution is -0.00276. The van der Waals surface area contributed by atoms with Crippen LogP contribution in [0.3, 0.4) is 0 Å². The summed E-state index contributed by atoms with van der Waals surface area (Å²) < 4.78 is 8.73. The maximum atomic E-state index is 5.52. The third-order valence-electron chi connectivity index (χ3n) is 4.80. The molecule has 24 heavy (non-hydrogen) atoms. The molecule has 0 saturated carbocycles. The minimum Gasteiger partial charge on any atom is -0.384 e. The van der Waals surface area contributed by atoms with Crippen LogP contribution in [0.4, 0.5) is 0 Å². The molecule has 2 aromatic heterocycles. The summed E-state index contributed by atoms with van der Waals surface area (Å²) in [5.74, 6) is 0. The number of halogens is 1. The first kappa shape index (κ1) is 15.8. The molecule has 0 aliphatic carbocycles. The zero-order valence-corrected chi connectivity index (χ0v) is 15.2. The summed E-state index contributed by atoms with van der Waals surface area (Å²) in [6.07, 6.45) is 4.04. The van der Waals surface area contributed by atoms with Crippen LogP contribution >= 0.6 is 15.9 Å². The van der Waals surface area contributed by atoms with Crippen LogP contribution < -0.4 is 0 Å². The molecule has 0 N–H and O–H groups in total. The number of imidazole rings is 1. The highest BCUT2D eigenvalue weighted by molar-refractivity contribution is 9.10. The Hall–Kier alpha value is -1.69. The van der Waals surface area contributed by atoms with Crippen LogP contribution in [0.1, 0.15) is 11.3 Å². The zero-order chi connectivity index (χ0) is 16.6. The second-order valence-corrected chi connectivity index (χ2v) is 7.46. The predicted octanol–water partition coefficient (Wildman–Crippen LogP) is 3.50. The van der Waals surface area contributed by atoms with Crippen molar-refractivity contribution in [2.75, 3.05) is 26.8 Å². The molecule has 0 spiro atoms. The number of hydrogen-bond acceptors (Lipinski definition) is 3. The first-order valence-electron chi connectivity index (χ1n) is 8.08. The van der Waals surface area contributed by atoms with Gasteiger partial charge in [0.05, 0.1) is 18.5 Å². The fraction of sp³-hybridized carbons (Fsp3) is 0.316. The molecule has 5 heteroatoms. The van der Waals surface area contributed by atoms with Crippen LogP contribution in [0.15, 0.2) is 59.3 Å². The smallest absolute Gasteiger partial charge is 0.138 e. The van der Waals surface area contributed by atoms with Gasteiger partial charge in [0.25, 0.3) is 0 Å². The number of methoxy groups -OCH3 is 1. The highest BCUT2D eigenvalue weighted by Crippen LogP contribution is 2.35. The summed E-state index contributed by atoms with van der Waals surface area (Å²) >= 11 is 3.50. The normalized spacial score (nSPS) is 17.1. The molecule has 4 nitrogen and oxygen atoms in total. The van der Waals surface area contributed by atoms with Crippen molar-refractivity contribution < 1.29 is 4.74 Å². The van der Waals surface area contributed by atoms with Gasteiger partial charge in [-0.1, -0.05) is 46.3 Å². The number of rotatable bonds is 5. The molecule has 3 aromatic rings. The minimum atomic E-state index is 0.111. The van der Waals surface area contributed by atoms with Crippen LogP contribution in [-0.4, -0.2) is 41.1 Å². The van der Waals surface area contributed by atoms with Crippen LogP contribution in [0, 0.1) is 0 Å². The number of pyridine rings is 1. The van der Waals surface area contributed by atoms with Gasteiger partial charge >= 0.3 is 0 Å². The highest BCUT2D eigenvalue weighted by atomic mass is 79.9. The number of aromatic nitrogens is 2. The van der Waals surface area contributed by atoms with Crippen molar-refractivity contribution in [1.29, 1.82) is 0 Å². The van der Waals surface area contributed by atoms with Crippen molar-refractivity contribution in [2.45, 2.75) is 12.0 Å². The molecule has 0 bridgehead atoms. The van der Waals surface area contributed by atoms with E-state index >= 15 is 0 Å². The van der Waals surface area contributed by atoms with Crippen molar-refractivity contribution in [2.24, 2.45) is 0 Å². The third kappa shape index (κ3) is 2.77. The van der Waals surface area contributed by atoms with Gasteiger partial charge in [0.15, 0.2) is 0 Å². The number of ether oxygens (including phenoxy) is 1. The maximum Gasteiger partial charge on any atom is 0.138 e. The average molecular weight is 386 g/mol. The van der Waals surface area contributed by atoms with Crippen molar-refractivity contribution in [3.05, 3.63) is 70.6 Å². The van der Waals surface area contributed by atoms with Gasteiger partial charge in [-0.3, -0.25) is 4.90 Å². The quantitative estimate of drug-likeness (QED) is 0.673. The molecule has 0 amide bonds. The van der Waals surface area contributed by atoms with Crippen LogP contribution in [0.25, 0.3) is 5.65 Å². The lowest BCUT2D eigenvalue weighted by Gasteiger charge is -2.50. The predicted molar refractivity (Wildman–Crippen MR) is 98.2 cm³/mol. The van der Waals surface area contributed by atoms with E-state index in [0.717, 1.165) is 36.4 Å². The van der Waals surface area contributed by atoms with E-state index in [1.54, 1.807) is 7.11 Å². The molecular weight excluding hydrogens is 366 g/mol. The Morgan fingerprint density at radius 1 is 1.21 bits per heavy atom. The molecule has 1 saturated heterocycles. The molecule has 1 fully saturated rings. The Morgan fingerprint density at radius 2 is 2.00 bits per heavy atom. The minimum absolute atomic E-state index is 0.111. The largest absolute Gasteiger partial charge is 0.384 e. The summed E-state index contributed by atoms with van der Waals surface area (Å²) in [4.78, 5) is 6.96. The Morgan fingerprint density at radius 3 is 2.75 bits per heavy atom. The van der Waals surface area contributed by atoms with E-state index in [4.69, 9.17) is 4.74 Å². The summed E-state index contributed by atoms with van der Waals surface area (Å²) in [6, 6.07) is 14.8. The summed E-state index contributed by atoms with van der Waals surface area (Å²) in [6.45, 7) is 3.68. The van der Waals surface area contributed by atoms with E-state index in [1.165, 1.54) is 11.3 Å². The van der Waals surface area contributed by atoms with E-state index in [1.807, 2.05) is 18.3 Å². The molecular formula is C19H20BrN3O. The van der Waals surface area contributed by atoms with Gasteiger partial charge in [-0.25, -0.2) is 4.98 Å². The lowest BCUT2D eigenvalue weighted by Crippen LogP contribution is -2.61. The third-order valence-corrected chi connectivity index (χ3v) is 5.29. The molecule has 124 valence electrons. The van der Waals surface area contributed by atoms with Gasteiger partial charge in [0, 0.05) is 42.8 Å². The molecule has 3 heterocycles. The van der Waals surface area contributed by atoms with Gasteiger partial charge in [-0.15, -0.1) is 0 Å². The Labute approximate surface area is 150 Å². The molecule has 1 aromatic carbocycles. The second-order valence-electron chi connectivity index (χ2n) is 6.55. The van der Waals surface area contributed by atoms with E-state index < -0.39 is 0 Å². The number of benzene rings is 1. The Kier molecular flexibility index (Phi) is 4.16. The lowest BCUT2D eigenvalue weighted by atomic mass is 9.74. The van der Waals surface area contributed by atoms with Gasteiger partial charge in [-0.05, 0) is 17.7 Å². The number of likely N-dealkylation sites (tertiary alicyclic amines) is 1. The zero-order valence-electron chi connectivity index (χ0n) is 13.7. The Bertz CT molecular complexity index is 840. The fourth-order valence-electron chi connectivity index (χ4n) is 3.70. The van der Waals surface area contributed by atoms with Gasteiger partial charge in [-0.2, -0.15) is 0 Å². The fourth-order valence-corrected chi connectivity index (χ4v) is 4.02. The number of fused-ring (bicyclic) bond motifs is 1.